The number of nitrogens with one attached hydrogen (secondary N) is 2. The Morgan fingerprint density at radius 2 is 1.84 bits per heavy atom. The second-order valence-corrected chi connectivity index (χ2v) is 15.9. The molecule has 2 heterocycles. The molecule has 4 atom stereocenters. The fourth-order valence-electron chi connectivity index (χ4n) is 4.63. The van der Waals surface area contributed by atoms with E-state index in [1.165, 1.54) is 18.3 Å². The number of carbonyl (C=O) groups excluding carboxylic acids is 1. The molecule has 1 amide bonds. The van der Waals surface area contributed by atoms with Gasteiger partial charge in [0, 0.05) is 0 Å². The maximum atomic E-state index is 15.1. The summed E-state index contributed by atoms with van der Waals surface area (Å²) < 4.78 is 76.0. The Hall–Kier alpha value is -1.58. The monoisotopic (exact) mass is 748 g/mol. The molecule has 0 spiro atoms. The summed E-state index contributed by atoms with van der Waals surface area (Å²) >= 11 is 1.32. The van der Waals surface area contributed by atoms with E-state index in [1.54, 1.807) is 6.07 Å². The van der Waals surface area contributed by atoms with E-state index in [4.69, 9.17) is 5.41 Å². The van der Waals surface area contributed by atoms with Crippen molar-refractivity contribution in [3.05, 3.63) is 56.5 Å². The van der Waals surface area contributed by atoms with Crippen LogP contribution in [0.1, 0.15) is 67.7 Å². The van der Waals surface area contributed by atoms with Crippen molar-refractivity contribution in [3.63, 3.8) is 0 Å². The van der Waals surface area contributed by atoms with Gasteiger partial charge in [0.05, 0.1) is 0 Å². The number of fused-ring (bicyclic) bond motifs is 1. The Balaban J connectivity index is 1.69. The summed E-state index contributed by atoms with van der Waals surface area (Å²) in [5, 5.41) is 11.0. The summed E-state index contributed by atoms with van der Waals surface area (Å²) in [6, 6.07) is 5.17. The van der Waals surface area contributed by atoms with Gasteiger partial charge >= 0.3 is 236 Å². The molecule has 0 radical (unpaired) electrons. The molecular weight excluding hydrogens is 723 g/mol. The quantitative estimate of drug-likeness (QED) is 0.205. The van der Waals surface area contributed by atoms with Gasteiger partial charge in [-0.25, -0.2) is 0 Å². The summed E-state index contributed by atoms with van der Waals surface area (Å²) in [4.78, 5) is 15.5. The number of benzene rings is 1. The van der Waals surface area contributed by atoms with Crippen LogP contribution in [0.4, 0.5) is 32.6 Å². The Morgan fingerprint density at radius 1 is 1.14 bits per heavy atom. The van der Waals surface area contributed by atoms with Crippen molar-refractivity contribution in [1.29, 1.82) is 5.41 Å². The first-order chi connectivity index (χ1) is 17.6. The van der Waals surface area contributed by atoms with E-state index >= 15 is 4.39 Å². The molecule has 2 aromatic rings. The van der Waals surface area contributed by atoms with Crippen LogP contribution in [-0.2, 0) is 4.74 Å². The van der Waals surface area contributed by atoms with Gasteiger partial charge in [0.25, 0.3) is 0 Å². The fourth-order valence-corrected chi connectivity index (χ4v) is 10.2. The first-order valence-corrected chi connectivity index (χ1v) is 15.5. The van der Waals surface area contributed by atoms with Crippen LogP contribution >= 0.6 is 22.6 Å². The van der Waals surface area contributed by atoms with Crippen molar-refractivity contribution in [3.8, 4) is 0 Å². The first kappa shape index (κ1) is 28.4. The number of halogens is 7. The first-order valence-electron chi connectivity index (χ1n) is 11.9. The predicted octanol–water partition coefficient (Wildman–Crippen LogP) is 4.52. The van der Waals surface area contributed by atoms with Crippen molar-refractivity contribution >= 4 is 40.2 Å². The molecule has 1 aromatic carbocycles. The molecule has 5 nitrogen and oxygen atoms in total. The fraction of sp³-hybridized carbons (Fsp3) is 0.480. The number of alkyl halides is 6. The van der Waals surface area contributed by atoms with Gasteiger partial charge < -0.3 is 0 Å². The standard InChI is InChI=1S/C25H25F5I2N3O2/c26-13-8-9-18(32-22(31)14-6-4-2-1-3-5-7-17(14)27)16(12-13)20(33)15-10-11-34-23-19(15)21(25(28,29)30)37-24(36)35-23/h8-12,14,17,21-22,33H,1-7H2,(H,34,35,36)/q-1/t14?,17-,21-,22?/m1/s1. The molecule has 1 aliphatic heterocycles. The molecule has 12 heteroatoms. The molecular formula is C25H25F5I2N3O2-. The van der Waals surface area contributed by atoms with E-state index in [0.29, 0.717) is 9.99 Å². The third-order valence-electron chi connectivity index (χ3n) is 6.49. The number of cyclic esters (lactones) is 1. The molecule has 2 aliphatic rings. The van der Waals surface area contributed by atoms with Gasteiger partial charge in [0.1, 0.15) is 0 Å². The zero-order valence-electron chi connectivity index (χ0n) is 19.6. The molecule has 1 saturated carbocycles. The number of pyridine rings is 1. The van der Waals surface area contributed by atoms with Crippen LogP contribution in [0.5, 0.6) is 0 Å². The zero-order chi connectivity index (χ0) is 26.7. The van der Waals surface area contributed by atoms with E-state index in [9.17, 15) is 22.4 Å². The second kappa shape index (κ2) is 12.1. The number of hydrogen-bond donors (Lipinski definition) is 2. The van der Waals surface area contributed by atoms with Gasteiger partial charge in [0.2, 0.25) is 0 Å². The number of ether oxygens (including phenoxy) is 1. The number of nitrogens with zero attached hydrogens (tertiary/aromatic N) is 1. The van der Waals surface area contributed by atoms with Crippen LogP contribution < -0.4 is 26.5 Å². The SMILES string of the molecule is N=C(c1cc(F)ccc1[I-]C(I)C1CCCCCCC[C@H]1F)c1ccnc2c1[C@H](C(F)(F)F)OC(=O)N2. The topological polar surface area (TPSA) is 75.1 Å². The summed E-state index contributed by atoms with van der Waals surface area (Å²) in [5.74, 6) is -1.15. The molecule has 2 N–H and O–H groups in total. The minimum absolute atomic E-state index is 0.0431. The third kappa shape index (κ3) is 6.71. The zero-order valence-corrected chi connectivity index (χ0v) is 23.9. The predicted molar refractivity (Wildman–Crippen MR) is 133 cm³/mol. The second-order valence-electron chi connectivity index (χ2n) is 9.04. The van der Waals surface area contributed by atoms with Crippen molar-refractivity contribution in [2.75, 3.05) is 5.32 Å². The molecule has 1 fully saturated rings. The van der Waals surface area contributed by atoms with Gasteiger partial charge in [0.15, 0.2) is 0 Å². The number of rotatable bonds is 5. The maximum absolute atomic E-state index is 15.1. The van der Waals surface area contributed by atoms with Crippen LogP contribution in [0.15, 0.2) is 30.5 Å². The van der Waals surface area contributed by atoms with Gasteiger partial charge in [-0.1, -0.05) is 0 Å². The Kier molecular flexibility index (Phi) is 9.28. The minimum atomic E-state index is -4.94. The average molecular weight is 748 g/mol. The number of anilines is 1. The van der Waals surface area contributed by atoms with Crippen LogP contribution in [0.3, 0.4) is 0 Å². The van der Waals surface area contributed by atoms with Crippen LogP contribution in [0.2, 0.25) is 0 Å². The molecule has 2 unspecified atom stereocenters. The van der Waals surface area contributed by atoms with Crippen LogP contribution in [0, 0.1) is 20.7 Å². The van der Waals surface area contributed by atoms with E-state index < -0.39 is 57.1 Å². The number of carbonyl (C=O) groups is 1. The van der Waals surface area contributed by atoms with Gasteiger partial charge in [-0.3, -0.25) is 0 Å². The summed E-state index contributed by atoms with van der Waals surface area (Å²) in [6.07, 6.45) is -2.39. The van der Waals surface area contributed by atoms with Crippen molar-refractivity contribution < 1.29 is 52.7 Å². The summed E-state index contributed by atoms with van der Waals surface area (Å²) in [7, 11) is 0. The molecule has 0 saturated heterocycles. The molecule has 37 heavy (non-hydrogen) atoms. The van der Waals surface area contributed by atoms with Crippen molar-refractivity contribution in [2.24, 2.45) is 5.92 Å². The summed E-state index contributed by atoms with van der Waals surface area (Å²) in [6.45, 7) is 0. The molecule has 1 aliphatic carbocycles. The Labute approximate surface area is 235 Å². The van der Waals surface area contributed by atoms with Gasteiger partial charge in [-0.05, 0) is 0 Å². The van der Waals surface area contributed by atoms with Crippen molar-refractivity contribution in [1.82, 2.24) is 4.98 Å². The Morgan fingerprint density at radius 3 is 2.57 bits per heavy atom. The van der Waals surface area contributed by atoms with Gasteiger partial charge in [-0.2, -0.15) is 0 Å². The summed E-state index contributed by atoms with van der Waals surface area (Å²) in [5.41, 5.74) is -0.853. The third-order valence-corrected chi connectivity index (χ3v) is 12.1. The molecule has 1 aromatic heterocycles. The van der Waals surface area contributed by atoms with E-state index in [0.717, 1.165) is 44.6 Å². The normalized spacial score (nSPS) is 23.6. The van der Waals surface area contributed by atoms with Crippen LogP contribution in [-0.4, -0.2) is 31.1 Å². The van der Waals surface area contributed by atoms with E-state index in [2.05, 4.69) is 37.6 Å². The van der Waals surface area contributed by atoms with E-state index in [1.807, 2.05) is 0 Å². The van der Waals surface area contributed by atoms with Crippen molar-refractivity contribution in [2.45, 2.75) is 65.3 Å². The number of amides is 1. The molecule has 0 bridgehead atoms. The number of aromatic nitrogens is 1. The molecule has 202 valence electrons. The van der Waals surface area contributed by atoms with Crippen LogP contribution in [0.25, 0.3) is 0 Å². The molecule has 4 rings (SSSR count). The average Bonchev–Trinajstić information content (AvgIpc) is 2.95. The Bertz CT molecular complexity index is 1160. The van der Waals surface area contributed by atoms with Gasteiger partial charge in [-0.15, -0.1) is 0 Å². The number of hydrogen-bond acceptors (Lipinski definition) is 4. The van der Waals surface area contributed by atoms with E-state index in [-0.39, 0.29) is 30.5 Å².